The van der Waals surface area contributed by atoms with Gasteiger partial charge in [0.2, 0.25) is 5.82 Å². The average molecular weight is 339 g/mol. The molecule has 0 spiro atoms. The van der Waals surface area contributed by atoms with Crippen molar-refractivity contribution >= 4 is 17.3 Å². The molecule has 132 valence electrons. The van der Waals surface area contributed by atoms with Gasteiger partial charge in [-0.25, -0.2) is 0 Å². The molecule has 1 aliphatic rings. The average Bonchev–Trinajstić information content (AvgIpc) is 2.94. The number of rotatable bonds is 6. The molecule has 1 heterocycles. The summed E-state index contributed by atoms with van der Waals surface area (Å²) in [6.07, 6.45) is 1.60. The number of carbonyl (C=O) groups is 1. The van der Waals surface area contributed by atoms with Crippen LogP contribution in [0, 0.1) is 21.8 Å². The number of ether oxygens (including phenoxy) is 1. The van der Waals surface area contributed by atoms with Gasteiger partial charge in [0.05, 0.1) is 16.6 Å². The molecular weight excluding hydrogens is 317 g/mol. The highest BCUT2D eigenvalue weighted by Gasteiger charge is 2.30. The van der Waals surface area contributed by atoms with E-state index in [2.05, 4.69) is 13.8 Å². The normalized spacial score (nSPS) is 17.5. The number of halogens is 1. The third kappa shape index (κ3) is 4.19. The van der Waals surface area contributed by atoms with Gasteiger partial charge in [-0.2, -0.15) is 4.39 Å². The van der Waals surface area contributed by atoms with Crippen molar-refractivity contribution in [3.05, 3.63) is 33.6 Å². The molecule has 0 aromatic heterocycles. The van der Waals surface area contributed by atoms with E-state index < -0.39 is 22.3 Å². The molecule has 2 N–H and O–H groups in total. The molecule has 0 radical (unpaired) electrons. The smallest absolute Gasteiger partial charge is 0.305 e. The fraction of sp³-hybridized carbons (Fsp3) is 0.562. The number of nitrogen functional groups attached to an aromatic ring is 1. The van der Waals surface area contributed by atoms with E-state index in [1.54, 1.807) is 0 Å². The second kappa shape index (κ2) is 7.57. The summed E-state index contributed by atoms with van der Waals surface area (Å²) in [4.78, 5) is 24.0. The fourth-order valence-corrected chi connectivity index (χ4v) is 2.59. The van der Waals surface area contributed by atoms with Gasteiger partial charge < -0.3 is 15.4 Å². The van der Waals surface area contributed by atoms with Gasteiger partial charge in [-0.05, 0) is 18.8 Å². The quantitative estimate of drug-likeness (QED) is 0.488. The zero-order valence-electron chi connectivity index (χ0n) is 13.8. The number of carbonyl (C=O) groups excluding carboxylic acids is 1. The van der Waals surface area contributed by atoms with Crippen LogP contribution < -0.4 is 5.73 Å². The molecule has 1 unspecified atom stereocenters. The largest absolute Gasteiger partial charge is 0.398 e. The highest BCUT2D eigenvalue weighted by atomic mass is 19.1. The second-order valence-corrected chi connectivity index (χ2v) is 6.36. The van der Waals surface area contributed by atoms with Crippen molar-refractivity contribution in [2.45, 2.75) is 32.8 Å². The molecule has 7 nitrogen and oxygen atoms in total. The number of nitrogens with two attached hydrogens (primary N) is 1. The Kier molecular flexibility index (Phi) is 5.71. The minimum absolute atomic E-state index is 0.0501. The summed E-state index contributed by atoms with van der Waals surface area (Å²) in [7, 11) is 0. The van der Waals surface area contributed by atoms with Crippen molar-refractivity contribution in [1.29, 1.82) is 0 Å². The number of benzene rings is 1. The third-order valence-electron chi connectivity index (χ3n) is 4.03. The summed E-state index contributed by atoms with van der Waals surface area (Å²) in [5.74, 6) is -0.945. The first-order valence-electron chi connectivity index (χ1n) is 7.94. The molecule has 1 aliphatic heterocycles. The summed E-state index contributed by atoms with van der Waals surface area (Å²) < 4.78 is 19.3. The molecule has 8 heteroatoms. The van der Waals surface area contributed by atoms with E-state index in [9.17, 15) is 19.3 Å². The van der Waals surface area contributed by atoms with Gasteiger partial charge >= 0.3 is 5.69 Å². The van der Waals surface area contributed by atoms with E-state index in [4.69, 9.17) is 10.5 Å². The van der Waals surface area contributed by atoms with Crippen LogP contribution in [0.2, 0.25) is 0 Å². The van der Waals surface area contributed by atoms with E-state index in [0.717, 1.165) is 18.6 Å². The summed E-state index contributed by atoms with van der Waals surface area (Å²) in [5, 5.41) is 10.8. The van der Waals surface area contributed by atoms with Crippen LogP contribution in [0.5, 0.6) is 0 Å². The standard InChI is InChI=1S/C16H22FN3O4/c1-10(2)4-6-24-11-3-5-19(9-11)16(21)12-7-15(20(22)23)13(17)8-14(12)18/h7-8,10-11H,3-6,9,18H2,1-2H3. The van der Waals surface area contributed by atoms with Crippen LogP contribution in [-0.4, -0.2) is 41.5 Å². The highest BCUT2D eigenvalue weighted by Crippen LogP contribution is 2.26. The molecule has 1 atom stereocenters. The van der Waals surface area contributed by atoms with Crippen LogP contribution >= 0.6 is 0 Å². The first-order chi connectivity index (χ1) is 11.3. The molecule has 1 aromatic carbocycles. The number of anilines is 1. The van der Waals surface area contributed by atoms with Gasteiger partial charge in [0, 0.05) is 37.5 Å². The van der Waals surface area contributed by atoms with Crippen LogP contribution in [0.4, 0.5) is 15.8 Å². The first kappa shape index (κ1) is 18.1. The maximum absolute atomic E-state index is 13.5. The minimum atomic E-state index is -1.05. The number of nitro benzene ring substituents is 1. The lowest BCUT2D eigenvalue weighted by Gasteiger charge is -2.18. The fourth-order valence-electron chi connectivity index (χ4n) is 2.59. The summed E-state index contributed by atoms with van der Waals surface area (Å²) in [5.41, 5.74) is 4.76. The first-order valence-corrected chi connectivity index (χ1v) is 7.94. The number of hydrogen-bond donors (Lipinski definition) is 1. The van der Waals surface area contributed by atoms with Gasteiger partial charge in [-0.3, -0.25) is 14.9 Å². The van der Waals surface area contributed by atoms with Crippen molar-refractivity contribution in [2.75, 3.05) is 25.4 Å². The van der Waals surface area contributed by atoms with Crippen LogP contribution in [0.3, 0.4) is 0 Å². The number of amides is 1. The Morgan fingerprint density at radius 1 is 1.54 bits per heavy atom. The summed E-state index contributed by atoms with van der Waals surface area (Å²) in [6.45, 7) is 5.74. The summed E-state index contributed by atoms with van der Waals surface area (Å²) in [6, 6.07) is 1.72. The Balaban J connectivity index is 2.05. The molecule has 0 aliphatic carbocycles. The Morgan fingerprint density at radius 2 is 2.25 bits per heavy atom. The van der Waals surface area contributed by atoms with Crippen LogP contribution in [-0.2, 0) is 4.74 Å². The number of hydrogen-bond acceptors (Lipinski definition) is 5. The minimum Gasteiger partial charge on any atom is -0.398 e. The summed E-state index contributed by atoms with van der Waals surface area (Å²) >= 11 is 0. The predicted molar refractivity (Wildman–Crippen MR) is 87.2 cm³/mol. The topological polar surface area (TPSA) is 98.7 Å². The maximum Gasteiger partial charge on any atom is 0.305 e. The number of nitro groups is 1. The number of likely N-dealkylation sites (tertiary alicyclic amines) is 1. The Bertz CT molecular complexity index is 636. The molecule has 2 rings (SSSR count). The molecule has 0 saturated carbocycles. The highest BCUT2D eigenvalue weighted by molar-refractivity contribution is 6.00. The maximum atomic E-state index is 13.5. The zero-order chi connectivity index (χ0) is 17.9. The van der Waals surface area contributed by atoms with Crippen molar-refractivity contribution < 1.29 is 18.8 Å². The van der Waals surface area contributed by atoms with Crippen LogP contribution in [0.15, 0.2) is 12.1 Å². The van der Waals surface area contributed by atoms with Gasteiger partial charge in [0.15, 0.2) is 0 Å². The second-order valence-electron chi connectivity index (χ2n) is 6.36. The third-order valence-corrected chi connectivity index (χ3v) is 4.03. The SMILES string of the molecule is CC(C)CCOC1CCN(C(=O)c2cc([N+](=O)[O-])c(F)cc2N)C1. The van der Waals surface area contributed by atoms with Crippen LogP contribution in [0.1, 0.15) is 37.0 Å². The van der Waals surface area contributed by atoms with Crippen LogP contribution in [0.25, 0.3) is 0 Å². The number of nitrogens with zero attached hydrogens (tertiary/aromatic N) is 2. The Hall–Kier alpha value is -2.22. The van der Waals surface area contributed by atoms with Gasteiger partial charge in [-0.1, -0.05) is 13.8 Å². The van der Waals surface area contributed by atoms with Gasteiger partial charge in [0.1, 0.15) is 0 Å². The molecule has 1 aromatic rings. The monoisotopic (exact) mass is 339 g/mol. The van der Waals surface area contributed by atoms with Crippen molar-refractivity contribution in [3.8, 4) is 0 Å². The lowest BCUT2D eigenvalue weighted by atomic mass is 10.1. The van der Waals surface area contributed by atoms with Crippen molar-refractivity contribution in [1.82, 2.24) is 4.90 Å². The lowest BCUT2D eigenvalue weighted by molar-refractivity contribution is -0.387. The predicted octanol–water partition coefficient (Wildman–Crippen LogP) is 2.59. The van der Waals surface area contributed by atoms with E-state index in [-0.39, 0.29) is 17.4 Å². The van der Waals surface area contributed by atoms with Crippen molar-refractivity contribution in [2.24, 2.45) is 5.92 Å². The molecule has 24 heavy (non-hydrogen) atoms. The van der Waals surface area contributed by atoms with E-state index in [1.807, 2.05) is 0 Å². The van der Waals surface area contributed by atoms with E-state index in [1.165, 1.54) is 4.90 Å². The Morgan fingerprint density at radius 3 is 2.88 bits per heavy atom. The van der Waals surface area contributed by atoms with Gasteiger partial charge in [-0.15, -0.1) is 0 Å². The molecule has 1 fully saturated rings. The van der Waals surface area contributed by atoms with E-state index in [0.29, 0.717) is 32.0 Å². The van der Waals surface area contributed by atoms with E-state index >= 15 is 0 Å². The lowest BCUT2D eigenvalue weighted by Crippen LogP contribution is -2.31. The molecule has 1 amide bonds. The van der Waals surface area contributed by atoms with Gasteiger partial charge in [0.25, 0.3) is 5.91 Å². The Labute approximate surface area is 139 Å². The zero-order valence-corrected chi connectivity index (χ0v) is 13.8. The molecule has 1 saturated heterocycles. The van der Waals surface area contributed by atoms with Crippen molar-refractivity contribution in [3.63, 3.8) is 0 Å². The molecule has 0 bridgehead atoms. The molecular formula is C16H22FN3O4.